The van der Waals surface area contributed by atoms with Crippen LogP contribution in [0.2, 0.25) is 0 Å². The topological polar surface area (TPSA) is 24.5 Å². The van der Waals surface area contributed by atoms with Gasteiger partial charge in [0, 0.05) is 25.7 Å². The maximum atomic E-state index is 6.20. The maximum absolute atomic E-state index is 6.20. The van der Waals surface area contributed by atoms with Crippen molar-refractivity contribution < 1.29 is 4.74 Å². The molecule has 0 radical (unpaired) electrons. The number of nitrogens with one attached hydrogen (secondary N) is 1. The molecule has 0 bridgehead atoms. The molecule has 0 aromatic carbocycles. The van der Waals surface area contributed by atoms with Crippen LogP contribution in [0.3, 0.4) is 0 Å². The van der Waals surface area contributed by atoms with Crippen LogP contribution in [-0.4, -0.2) is 49.3 Å². The summed E-state index contributed by atoms with van der Waals surface area (Å²) in [5.74, 6) is 1.44. The predicted octanol–water partition coefficient (Wildman–Crippen LogP) is 3.15. The zero-order valence-corrected chi connectivity index (χ0v) is 14.5. The smallest absolute Gasteiger partial charge is 0.0707 e. The normalized spacial score (nSPS) is 23.7. The Hall–Kier alpha value is -0.120. The van der Waals surface area contributed by atoms with Gasteiger partial charge in [-0.2, -0.15) is 0 Å². The zero-order chi connectivity index (χ0) is 15.1. The van der Waals surface area contributed by atoms with Gasteiger partial charge in [0.05, 0.1) is 12.2 Å². The first-order valence-corrected chi connectivity index (χ1v) is 8.48. The molecule has 0 aromatic rings. The summed E-state index contributed by atoms with van der Waals surface area (Å²) in [6, 6.07) is 0.610. The van der Waals surface area contributed by atoms with E-state index in [1.807, 2.05) is 0 Å². The molecule has 2 unspecified atom stereocenters. The third kappa shape index (κ3) is 7.05. The van der Waals surface area contributed by atoms with Crippen LogP contribution < -0.4 is 5.32 Å². The van der Waals surface area contributed by atoms with Crippen molar-refractivity contribution in [1.82, 2.24) is 10.2 Å². The summed E-state index contributed by atoms with van der Waals surface area (Å²) in [5, 5.41) is 3.52. The van der Waals surface area contributed by atoms with Gasteiger partial charge in [-0.1, -0.05) is 27.7 Å². The number of hydrogen-bond donors (Lipinski definition) is 1. The molecule has 3 nitrogen and oxygen atoms in total. The van der Waals surface area contributed by atoms with Gasteiger partial charge in [-0.3, -0.25) is 4.90 Å². The number of ether oxygens (including phenoxy) is 1. The molecule has 1 heterocycles. The van der Waals surface area contributed by atoms with Gasteiger partial charge < -0.3 is 10.1 Å². The Bertz CT molecular complexity index is 253. The van der Waals surface area contributed by atoms with Gasteiger partial charge in [0.2, 0.25) is 0 Å². The molecule has 20 heavy (non-hydrogen) atoms. The van der Waals surface area contributed by atoms with Crippen molar-refractivity contribution in [1.29, 1.82) is 0 Å². The first-order chi connectivity index (χ1) is 9.38. The third-order valence-corrected chi connectivity index (χ3v) is 3.89. The Balaban J connectivity index is 2.28. The minimum atomic E-state index is 0.423. The molecule has 0 spiro atoms. The molecule has 0 saturated carbocycles. The van der Waals surface area contributed by atoms with Crippen molar-refractivity contribution in [3.8, 4) is 0 Å². The van der Waals surface area contributed by atoms with Crippen LogP contribution in [-0.2, 0) is 4.74 Å². The number of nitrogens with zero attached hydrogens (tertiary/aromatic N) is 1. The number of rotatable bonds is 9. The summed E-state index contributed by atoms with van der Waals surface area (Å²) in [5.41, 5.74) is 0. The molecule has 1 rings (SSSR count). The largest absolute Gasteiger partial charge is 0.372 e. The highest BCUT2D eigenvalue weighted by molar-refractivity contribution is 4.79. The van der Waals surface area contributed by atoms with Crippen molar-refractivity contribution in [2.24, 2.45) is 11.8 Å². The molecule has 1 aliphatic heterocycles. The highest BCUT2D eigenvalue weighted by Crippen LogP contribution is 2.21. The second-order valence-electron chi connectivity index (χ2n) is 7.45. The van der Waals surface area contributed by atoms with Crippen LogP contribution >= 0.6 is 0 Å². The van der Waals surface area contributed by atoms with Gasteiger partial charge in [-0.05, 0) is 45.1 Å². The summed E-state index contributed by atoms with van der Waals surface area (Å²) in [6.45, 7) is 18.0. The quantitative estimate of drug-likeness (QED) is 0.704. The lowest BCUT2D eigenvalue weighted by Gasteiger charge is -2.30. The Kier molecular flexibility index (Phi) is 8.08. The van der Waals surface area contributed by atoms with Gasteiger partial charge in [-0.15, -0.1) is 0 Å². The maximum Gasteiger partial charge on any atom is 0.0707 e. The van der Waals surface area contributed by atoms with E-state index in [1.54, 1.807) is 0 Å². The average molecular weight is 284 g/mol. The van der Waals surface area contributed by atoms with E-state index in [0.717, 1.165) is 31.5 Å². The molecule has 120 valence electrons. The third-order valence-electron chi connectivity index (χ3n) is 3.89. The molecular weight excluding hydrogens is 248 g/mol. The van der Waals surface area contributed by atoms with E-state index >= 15 is 0 Å². The van der Waals surface area contributed by atoms with Crippen molar-refractivity contribution in [2.45, 2.75) is 72.6 Å². The molecule has 1 fully saturated rings. The molecule has 1 N–H and O–H groups in total. The lowest BCUT2D eigenvalue weighted by atomic mass is 10.1. The van der Waals surface area contributed by atoms with E-state index in [1.165, 1.54) is 19.4 Å². The van der Waals surface area contributed by atoms with E-state index in [9.17, 15) is 0 Å². The molecular formula is C17H36N2O. The van der Waals surface area contributed by atoms with E-state index in [-0.39, 0.29) is 0 Å². The average Bonchev–Trinajstić information content (AvgIpc) is 2.74. The Morgan fingerprint density at radius 1 is 1.00 bits per heavy atom. The Morgan fingerprint density at radius 2 is 1.65 bits per heavy atom. The fraction of sp³-hybridized carbons (Fsp3) is 1.00. The molecule has 0 aliphatic carbocycles. The predicted molar refractivity (Wildman–Crippen MR) is 87.1 cm³/mol. The van der Waals surface area contributed by atoms with Gasteiger partial charge in [0.1, 0.15) is 0 Å². The van der Waals surface area contributed by atoms with Gasteiger partial charge in [-0.25, -0.2) is 0 Å². The molecule has 1 aliphatic rings. The lowest BCUT2D eigenvalue weighted by Crippen LogP contribution is -2.40. The number of hydrogen-bond acceptors (Lipinski definition) is 3. The Morgan fingerprint density at radius 3 is 2.20 bits per heavy atom. The summed E-state index contributed by atoms with van der Waals surface area (Å²) in [7, 11) is 0. The summed E-state index contributed by atoms with van der Waals surface area (Å²) < 4.78 is 6.20. The molecule has 2 atom stereocenters. The fourth-order valence-corrected chi connectivity index (χ4v) is 2.82. The minimum absolute atomic E-state index is 0.423. The van der Waals surface area contributed by atoms with Gasteiger partial charge in [0.15, 0.2) is 0 Å². The van der Waals surface area contributed by atoms with Crippen molar-refractivity contribution in [2.75, 3.05) is 26.2 Å². The molecule has 0 aromatic heterocycles. The van der Waals surface area contributed by atoms with Crippen molar-refractivity contribution >= 4 is 0 Å². The summed E-state index contributed by atoms with van der Waals surface area (Å²) in [6.07, 6.45) is 3.28. The van der Waals surface area contributed by atoms with E-state index in [4.69, 9.17) is 4.74 Å². The van der Waals surface area contributed by atoms with Crippen LogP contribution in [0.1, 0.15) is 54.4 Å². The highest BCUT2D eigenvalue weighted by atomic mass is 16.5. The van der Waals surface area contributed by atoms with Gasteiger partial charge in [0.25, 0.3) is 0 Å². The highest BCUT2D eigenvalue weighted by Gasteiger charge is 2.27. The SMILES string of the molecule is CC(C)CNCC1CCC(CN(CC(C)C)C(C)C)O1. The minimum Gasteiger partial charge on any atom is -0.372 e. The monoisotopic (exact) mass is 284 g/mol. The zero-order valence-electron chi connectivity index (χ0n) is 14.5. The van der Waals surface area contributed by atoms with Gasteiger partial charge >= 0.3 is 0 Å². The van der Waals surface area contributed by atoms with E-state index in [0.29, 0.717) is 18.2 Å². The summed E-state index contributed by atoms with van der Waals surface area (Å²) >= 11 is 0. The second kappa shape index (κ2) is 9.01. The second-order valence-corrected chi connectivity index (χ2v) is 7.45. The summed E-state index contributed by atoms with van der Waals surface area (Å²) in [4.78, 5) is 2.57. The van der Waals surface area contributed by atoms with Crippen molar-refractivity contribution in [3.05, 3.63) is 0 Å². The van der Waals surface area contributed by atoms with Crippen LogP contribution in [0, 0.1) is 11.8 Å². The van der Waals surface area contributed by atoms with Crippen LogP contribution in [0.25, 0.3) is 0 Å². The first kappa shape index (κ1) is 17.9. The molecule has 0 amide bonds. The standard InChI is InChI=1S/C17H36N2O/c1-13(2)9-18-10-16-7-8-17(20-16)12-19(15(5)6)11-14(3)4/h13-18H,7-12H2,1-6H3. The van der Waals surface area contributed by atoms with E-state index in [2.05, 4.69) is 51.8 Å². The Labute approximate surface area is 126 Å². The van der Waals surface area contributed by atoms with Crippen LogP contribution in [0.15, 0.2) is 0 Å². The van der Waals surface area contributed by atoms with Crippen LogP contribution in [0.4, 0.5) is 0 Å². The molecule has 3 heteroatoms. The van der Waals surface area contributed by atoms with Crippen molar-refractivity contribution in [3.63, 3.8) is 0 Å². The first-order valence-electron chi connectivity index (χ1n) is 8.48. The lowest BCUT2D eigenvalue weighted by molar-refractivity contribution is 0.0146. The van der Waals surface area contributed by atoms with Crippen LogP contribution in [0.5, 0.6) is 0 Å². The van der Waals surface area contributed by atoms with E-state index < -0.39 is 0 Å². The molecule has 1 saturated heterocycles. The fourth-order valence-electron chi connectivity index (χ4n) is 2.82.